The molecule has 0 saturated carbocycles. The molecule has 2 aromatic carbocycles. The van der Waals surface area contributed by atoms with Gasteiger partial charge in [-0.3, -0.25) is 19.8 Å². The second kappa shape index (κ2) is 10.2. The van der Waals surface area contributed by atoms with E-state index in [2.05, 4.69) is 10.1 Å². The molecule has 2 heterocycles. The summed E-state index contributed by atoms with van der Waals surface area (Å²) in [5.41, 5.74) is 0.683. The number of aryl methyl sites for hydroxylation is 1. The molecule has 1 fully saturated rings. The highest BCUT2D eigenvalue weighted by Gasteiger charge is 2.35. The largest absolute Gasteiger partial charge is 0.463 e. The molecule has 12 heteroatoms. The number of carbonyl (C=O) groups excluding carboxylic acids is 4. The average Bonchev–Trinajstić information content (AvgIpc) is 3.45. The van der Waals surface area contributed by atoms with Gasteiger partial charge < -0.3 is 19.2 Å². The Morgan fingerprint density at radius 3 is 2.49 bits per heavy atom. The van der Waals surface area contributed by atoms with E-state index in [0.717, 1.165) is 22.6 Å². The molecule has 1 aromatic heterocycles. The first-order valence-corrected chi connectivity index (χ1v) is 10.7. The molecule has 3 aromatic rings. The molecule has 0 unspecified atom stereocenters. The maximum atomic E-state index is 12.9. The molecule has 0 aliphatic carbocycles. The second-order valence-electron chi connectivity index (χ2n) is 7.87. The van der Waals surface area contributed by atoms with Crippen molar-refractivity contribution in [1.29, 1.82) is 0 Å². The Kier molecular flexibility index (Phi) is 6.82. The van der Waals surface area contributed by atoms with E-state index < -0.39 is 28.8 Å². The van der Waals surface area contributed by atoms with Gasteiger partial charge in [-0.1, -0.05) is 17.7 Å². The third kappa shape index (κ3) is 5.37. The Morgan fingerprint density at radius 2 is 1.81 bits per heavy atom. The lowest BCUT2D eigenvalue weighted by Crippen LogP contribution is -2.30. The SMILES string of the molecule is COC(=O)c1ccc(CN2C(=O)N/C(=C\c3cc([N+](=O)[O-])ccc3OC(=O)c3ccc(C)cc3)C2=O)o1. The number of rotatable bonds is 7. The first kappa shape index (κ1) is 24.9. The number of esters is 2. The maximum Gasteiger partial charge on any atom is 0.373 e. The molecule has 1 aliphatic rings. The fraction of sp³-hybridized carbons (Fsp3) is 0.120. The number of hydrogen-bond acceptors (Lipinski definition) is 9. The third-order valence-corrected chi connectivity index (χ3v) is 5.32. The summed E-state index contributed by atoms with van der Waals surface area (Å²) in [6.45, 7) is 1.57. The number of hydrogen-bond donors (Lipinski definition) is 1. The van der Waals surface area contributed by atoms with Crippen LogP contribution in [0.3, 0.4) is 0 Å². The van der Waals surface area contributed by atoms with Crippen LogP contribution in [-0.4, -0.2) is 40.8 Å². The number of nitro groups is 1. The van der Waals surface area contributed by atoms with Gasteiger partial charge in [0.05, 0.1) is 24.1 Å². The van der Waals surface area contributed by atoms with E-state index in [-0.39, 0.29) is 46.3 Å². The number of nitrogens with zero attached hydrogens (tertiary/aromatic N) is 2. The Hall–Kier alpha value is -5.26. The van der Waals surface area contributed by atoms with E-state index in [1.54, 1.807) is 24.3 Å². The third-order valence-electron chi connectivity index (χ3n) is 5.32. The van der Waals surface area contributed by atoms with Crippen LogP contribution in [0.4, 0.5) is 10.5 Å². The van der Waals surface area contributed by atoms with Crippen LogP contribution in [0.5, 0.6) is 5.75 Å². The Labute approximate surface area is 209 Å². The standard InChI is InChI=1S/C25H19N3O9/c1-14-3-5-15(6-4-14)23(30)37-20-9-7-17(28(33)34)11-16(20)12-19-22(29)27(25(32)26-19)13-18-8-10-21(36-18)24(31)35-2/h3-12H,13H2,1-2H3,(H,26,32)/b19-12-. The van der Waals surface area contributed by atoms with Crippen LogP contribution in [0.15, 0.2) is 64.7 Å². The summed E-state index contributed by atoms with van der Waals surface area (Å²) in [5.74, 6) is -2.20. The smallest absolute Gasteiger partial charge is 0.373 e. The summed E-state index contributed by atoms with van der Waals surface area (Å²) >= 11 is 0. The number of methoxy groups -OCH3 is 1. The lowest BCUT2D eigenvalue weighted by molar-refractivity contribution is -0.384. The molecule has 0 bridgehead atoms. The lowest BCUT2D eigenvalue weighted by Gasteiger charge is -2.10. The van der Waals surface area contributed by atoms with Crippen molar-refractivity contribution in [1.82, 2.24) is 10.2 Å². The van der Waals surface area contributed by atoms with Crippen molar-refractivity contribution in [2.24, 2.45) is 0 Å². The highest BCUT2D eigenvalue weighted by atomic mass is 16.6. The zero-order valence-electron chi connectivity index (χ0n) is 19.5. The zero-order valence-corrected chi connectivity index (χ0v) is 19.5. The van der Waals surface area contributed by atoms with Crippen LogP contribution in [0.2, 0.25) is 0 Å². The van der Waals surface area contributed by atoms with Crippen molar-refractivity contribution in [3.8, 4) is 5.75 Å². The maximum absolute atomic E-state index is 12.9. The number of furan rings is 1. The highest BCUT2D eigenvalue weighted by Crippen LogP contribution is 2.28. The lowest BCUT2D eigenvalue weighted by atomic mass is 10.1. The molecule has 1 N–H and O–H groups in total. The molecular weight excluding hydrogens is 486 g/mol. The number of urea groups is 1. The van der Waals surface area contributed by atoms with Gasteiger partial charge in [0.25, 0.3) is 11.6 Å². The molecule has 0 radical (unpaired) electrons. The van der Waals surface area contributed by atoms with Gasteiger partial charge in [0.1, 0.15) is 17.2 Å². The van der Waals surface area contributed by atoms with E-state index in [1.165, 1.54) is 31.4 Å². The number of amides is 3. The predicted octanol–water partition coefficient (Wildman–Crippen LogP) is 3.59. The summed E-state index contributed by atoms with van der Waals surface area (Å²) in [5, 5.41) is 13.7. The topological polar surface area (TPSA) is 158 Å². The normalized spacial score (nSPS) is 14.0. The van der Waals surface area contributed by atoms with Gasteiger partial charge in [-0.2, -0.15) is 0 Å². The van der Waals surface area contributed by atoms with Gasteiger partial charge in [-0.05, 0) is 43.3 Å². The van der Waals surface area contributed by atoms with Crippen LogP contribution in [0.25, 0.3) is 6.08 Å². The van der Waals surface area contributed by atoms with Crippen molar-refractivity contribution in [2.75, 3.05) is 7.11 Å². The van der Waals surface area contributed by atoms with E-state index >= 15 is 0 Å². The number of benzene rings is 2. The summed E-state index contributed by atoms with van der Waals surface area (Å²) in [6.07, 6.45) is 1.17. The van der Waals surface area contributed by atoms with E-state index in [0.29, 0.717) is 0 Å². The van der Waals surface area contributed by atoms with E-state index in [4.69, 9.17) is 9.15 Å². The fourth-order valence-electron chi connectivity index (χ4n) is 3.40. The molecule has 3 amide bonds. The first-order valence-electron chi connectivity index (χ1n) is 10.7. The monoisotopic (exact) mass is 505 g/mol. The van der Waals surface area contributed by atoms with Gasteiger partial charge in [-0.15, -0.1) is 0 Å². The fourth-order valence-corrected chi connectivity index (χ4v) is 3.40. The minimum Gasteiger partial charge on any atom is -0.463 e. The molecule has 0 atom stereocenters. The Balaban J connectivity index is 1.61. The highest BCUT2D eigenvalue weighted by molar-refractivity contribution is 6.14. The molecule has 12 nitrogen and oxygen atoms in total. The van der Waals surface area contributed by atoms with Gasteiger partial charge in [0.2, 0.25) is 5.76 Å². The van der Waals surface area contributed by atoms with Crippen LogP contribution in [0, 0.1) is 17.0 Å². The van der Waals surface area contributed by atoms with Gasteiger partial charge >= 0.3 is 18.0 Å². The number of imide groups is 1. The predicted molar refractivity (Wildman–Crippen MR) is 126 cm³/mol. The number of non-ortho nitro benzene ring substituents is 1. The van der Waals surface area contributed by atoms with Crippen molar-refractivity contribution in [3.63, 3.8) is 0 Å². The molecule has 1 aliphatic heterocycles. The second-order valence-corrected chi connectivity index (χ2v) is 7.87. The quantitative estimate of drug-likeness (QED) is 0.126. The van der Waals surface area contributed by atoms with Crippen LogP contribution in [-0.2, 0) is 16.1 Å². The minimum absolute atomic E-state index is 0.0196. The molecule has 188 valence electrons. The molecule has 4 rings (SSSR count). The average molecular weight is 505 g/mol. The molecule has 1 saturated heterocycles. The minimum atomic E-state index is -0.782. The Morgan fingerprint density at radius 1 is 1.08 bits per heavy atom. The summed E-state index contributed by atoms with van der Waals surface area (Å²) in [4.78, 5) is 61.1. The van der Waals surface area contributed by atoms with Crippen molar-refractivity contribution < 1.29 is 38.0 Å². The number of carbonyl (C=O) groups is 4. The van der Waals surface area contributed by atoms with Gasteiger partial charge in [0.15, 0.2) is 0 Å². The molecule has 37 heavy (non-hydrogen) atoms. The van der Waals surface area contributed by atoms with Crippen molar-refractivity contribution >= 4 is 35.6 Å². The molecular formula is C25H19N3O9. The van der Waals surface area contributed by atoms with Gasteiger partial charge in [-0.25, -0.2) is 14.4 Å². The van der Waals surface area contributed by atoms with Gasteiger partial charge in [0, 0.05) is 17.7 Å². The van der Waals surface area contributed by atoms with Crippen molar-refractivity contribution in [3.05, 3.63) is 98.6 Å². The van der Waals surface area contributed by atoms with Crippen LogP contribution in [0.1, 0.15) is 37.8 Å². The van der Waals surface area contributed by atoms with Crippen molar-refractivity contribution in [2.45, 2.75) is 13.5 Å². The van der Waals surface area contributed by atoms with Crippen LogP contribution >= 0.6 is 0 Å². The zero-order chi connectivity index (χ0) is 26.7. The first-order chi connectivity index (χ1) is 17.7. The summed E-state index contributed by atoms with van der Waals surface area (Å²) < 4.78 is 15.3. The summed E-state index contributed by atoms with van der Waals surface area (Å²) in [6, 6.07) is 12.1. The van der Waals surface area contributed by atoms with E-state index in [9.17, 15) is 29.3 Å². The molecule has 0 spiro atoms. The van der Waals surface area contributed by atoms with Crippen LogP contribution < -0.4 is 10.1 Å². The van der Waals surface area contributed by atoms with E-state index in [1.807, 2.05) is 6.92 Å². The Bertz CT molecular complexity index is 1450. The number of nitro benzene ring substituents is 1. The number of nitrogens with one attached hydrogen (secondary N) is 1. The summed E-state index contributed by atoms with van der Waals surface area (Å²) in [7, 11) is 1.18. The number of ether oxygens (including phenoxy) is 2.